The molecule has 1 aromatic heterocycles. The minimum Gasteiger partial charge on any atom is -0.310 e. The summed E-state index contributed by atoms with van der Waals surface area (Å²) >= 11 is 1.91. The fourth-order valence-electron chi connectivity index (χ4n) is 4.01. The molecule has 1 N–H and O–H groups in total. The SMILES string of the molecule is CC(C)(C)C1CN(Cc2cccs2)C2(CCCCC2)CN1. The molecule has 1 spiro atoms. The molecule has 0 radical (unpaired) electrons. The number of hydrogen-bond acceptors (Lipinski definition) is 3. The lowest BCUT2D eigenvalue weighted by atomic mass is 9.75. The Morgan fingerprint density at radius 1 is 1.29 bits per heavy atom. The Morgan fingerprint density at radius 3 is 2.67 bits per heavy atom. The van der Waals surface area contributed by atoms with E-state index in [-0.39, 0.29) is 0 Å². The summed E-state index contributed by atoms with van der Waals surface area (Å²) in [6.45, 7) is 10.6. The van der Waals surface area contributed by atoms with E-state index in [2.05, 4.69) is 48.5 Å². The van der Waals surface area contributed by atoms with Crippen LogP contribution in [0.4, 0.5) is 0 Å². The van der Waals surface area contributed by atoms with Crippen LogP contribution in [0.15, 0.2) is 17.5 Å². The Bertz CT molecular complexity index is 440. The lowest BCUT2D eigenvalue weighted by molar-refractivity contribution is -0.0154. The Kier molecular flexibility index (Phi) is 4.45. The van der Waals surface area contributed by atoms with Gasteiger partial charge in [-0.3, -0.25) is 4.90 Å². The Hall–Kier alpha value is -0.380. The van der Waals surface area contributed by atoms with Crippen molar-refractivity contribution in [2.45, 2.75) is 71.0 Å². The number of piperazine rings is 1. The molecule has 2 aliphatic rings. The number of hydrogen-bond donors (Lipinski definition) is 1. The zero-order valence-electron chi connectivity index (χ0n) is 13.8. The van der Waals surface area contributed by atoms with Crippen molar-refractivity contribution in [2.75, 3.05) is 13.1 Å². The quantitative estimate of drug-likeness (QED) is 0.878. The van der Waals surface area contributed by atoms with Crippen LogP contribution in [0.5, 0.6) is 0 Å². The van der Waals surface area contributed by atoms with Crippen LogP contribution < -0.4 is 5.32 Å². The molecule has 1 atom stereocenters. The molecule has 2 heterocycles. The standard InChI is InChI=1S/C18H30N2S/c1-17(2,3)16-13-20(12-15-8-7-11-21-15)18(14-19-16)9-5-4-6-10-18/h7-8,11,16,19H,4-6,9-10,12-14H2,1-3H3. The third-order valence-electron chi connectivity index (χ3n) is 5.51. The summed E-state index contributed by atoms with van der Waals surface area (Å²) in [6, 6.07) is 5.09. The van der Waals surface area contributed by atoms with E-state index in [9.17, 15) is 0 Å². The zero-order valence-corrected chi connectivity index (χ0v) is 14.6. The van der Waals surface area contributed by atoms with Gasteiger partial charge in [0.15, 0.2) is 0 Å². The third-order valence-corrected chi connectivity index (χ3v) is 6.37. The zero-order chi connectivity index (χ0) is 14.9. The van der Waals surface area contributed by atoms with E-state index < -0.39 is 0 Å². The van der Waals surface area contributed by atoms with Crippen LogP contribution in [0.1, 0.15) is 57.8 Å². The van der Waals surface area contributed by atoms with Gasteiger partial charge in [-0.05, 0) is 29.7 Å². The molecular formula is C18H30N2S. The highest BCUT2D eigenvalue weighted by atomic mass is 32.1. The van der Waals surface area contributed by atoms with Crippen molar-refractivity contribution in [2.24, 2.45) is 5.41 Å². The second-order valence-corrected chi connectivity index (χ2v) is 9.08. The summed E-state index contributed by atoms with van der Waals surface area (Å²) < 4.78 is 0. The summed E-state index contributed by atoms with van der Waals surface area (Å²) in [5.41, 5.74) is 0.758. The smallest absolute Gasteiger partial charge is 0.0338 e. The van der Waals surface area contributed by atoms with Gasteiger partial charge in [0.05, 0.1) is 0 Å². The van der Waals surface area contributed by atoms with Gasteiger partial charge in [0.25, 0.3) is 0 Å². The van der Waals surface area contributed by atoms with Gasteiger partial charge in [-0.25, -0.2) is 0 Å². The monoisotopic (exact) mass is 306 g/mol. The predicted octanol–water partition coefficient (Wildman–Crippen LogP) is 4.27. The highest BCUT2D eigenvalue weighted by molar-refractivity contribution is 7.09. The first kappa shape index (κ1) is 15.5. The van der Waals surface area contributed by atoms with Crippen LogP contribution in [-0.4, -0.2) is 29.6 Å². The van der Waals surface area contributed by atoms with Gasteiger partial charge in [0.1, 0.15) is 0 Å². The number of nitrogens with zero attached hydrogens (tertiary/aromatic N) is 1. The molecule has 0 amide bonds. The first-order valence-electron chi connectivity index (χ1n) is 8.50. The van der Waals surface area contributed by atoms with E-state index in [1.165, 1.54) is 50.1 Å². The molecule has 3 heteroatoms. The Labute approximate surface area is 133 Å². The van der Waals surface area contributed by atoms with Crippen molar-refractivity contribution >= 4 is 11.3 Å². The van der Waals surface area contributed by atoms with Crippen molar-refractivity contribution in [3.8, 4) is 0 Å². The van der Waals surface area contributed by atoms with Gasteiger partial charge in [0, 0.05) is 36.1 Å². The van der Waals surface area contributed by atoms with Crippen molar-refractivity contribution < 1.29 is 0 Å². The van der Waals surface area contributed by atoms with Crippen molar-refractivity contribution in [3.05, 3.63) is 22.4 Å². The second-order valence-electron chi connectivity index (χ2n) is 8.04. The fourth-order valence-corrected chi connectivity index (χ4v) is 4.73. The maximum atomic E-state index is 3.89. The first-order valence-corrected chi connectivity index (χ1v) is 9.38. The molecule has 1 unspecified atom stereocenters. The van der Waals surface area contributed by atoms with Crippen molar-refractivity contribution in [3.63, 3.8) is 0 Å². The predicted molar refractivity (Wildman–Crippen MR) is 91.8 cm³/mol. The van der Waals surface area contributed by atoms with Crippen LogP contribution in [0.2, 0.25) is 0 Å². The molecule has 0 aromatic carbocycles. The van der Waals surface area contributed by atoms with Gasteiger partial charge >= 0.3 is 0 Å². The minimum absolute atomic E-state index is 0.337. The van der Waals surface area contributed by atoms with Crippen LogP contribution in [0.3, 0.4) is 0 Å². The molecule has 118 valence electrons. The molecule has 21 heavy (non-hydrogen) atoms. The highest BCUT2D eigenvalue weighted by Gasteiger charge is 2.44. The topological polar surface area (TPSA) is 15.3 Å². The average molecular weight is 307 g/mol. The number of nitrogens with one attached hydrogen (secondary N) is 1. The number of rotatable bonds is 2. The van der Waals surface area contributed by atoms with Crippen LogP contribution >= 0.6 is 11.3 Å². The Morgan fingerprint density at radius 2 is 2.05 bits per heavy atom. The Balaban J connectivity index is 1.79. The maximum absolute atomic E-state index is 3.89. The van der Waals surface area contributed by atoms with Gasteiger partial charge in [-0.2, -0.15) is 0 Å². The molecule has 1 aliphatic carbocycles. The average Bonchev–Trinajstić information content (AvgIpc) is 2.94. The molecule has 1 aliphatic heterocycles. The molecule has 3 rings (SSSR count). The van der Waals surface area contributed by atoms with Crippen LogP contribution in [0.25, 0.3) is 0 Å². The lowest BCUT2D eigenvalue weighted by Gasteiger charge is -2.54. The highest BCUT2D eigenvalue weighted by Crippen LogP contribution is 2.38. The van der Waals surface area contributed by atoms with E-state index in [0.717, 1.165) is 6.54 Å². The van der Waals surface area contributed by atoms with Gasteiger partial charge < -0.3 is 5.32 Å². The summed E-state index contributed by atoms with van der Waals surface area (Å²) in [5, 5.41) is 6.11. The fraction of sp³-hybridized carbons (Fsp3) is 0.778. The molecule has 2 fully saturated rings. The number of thiophene rings is 1. The third kappa shape index (κ3) is 3.35. The van der Waals surface area contributed by atoms with E-state index in [1.54, 1.807) is 0 Å². The summed E-state index contributed by atoms with van der Waals surface area (Å²) in [7, 11) is 0. The van der Waals surface area contributed by atoms with E-state index in [4.69, 9.17) is 0 Å². The van der Waals surface area contributed by atoms with Gasteiger partial charge in [-0.15, -0.1) is 11.3 Å². The minimum atomic E-state index is 0.337. The van der Waals surface area contributed by atoms with Gasteiger partial charge in [0.2, 0.25) is 0 Å². The molecule has 2 nitrogen and oxygen atoms in total. The second kappa shape index (κ2) is 6.02. The van der Waals surface area contributed by atoms with E-state index in [0.29, 0.717) is 17.0 Å². The summed E-state index contributed by atoms with van der Waals surface area (Å²) in [4.78, 5) is 4.35. The summed E-state index contributed by atoms with van der Waals surface area (Å²) in [5.74, 6) is 0. The maximum Gasteiger partial charge on any atom is 0.0338 e. The van der Waals surface area contributed by atoms with Crippen LogP contribution in [-0.2, 0) is 6.54 Å². The van der Waals surface area contributed by atoms with Crippen LogP contribution in [0, 0.1) is 5.41 Å². The van der Waals surface area contributed by atoms with E-state index in [1.807, 2.05) is 11.3 Å². The van der Waals surface area contributed by atoms with Crippen molar-refractivity contribution in [1.29, 1.82) is 0 Å². The molecule has 0 bridgehead atoms. The lowest BCUT2D eigenvalue weighted by Crippen LogP contribution is -2.67. The van der Waals surface area contributed by atoms with Gasteiger partial charge in [-0.1, -0.05) is 46.1 Å². The normalized spacial score (nSPS) is 27.1. The molecule has 1 saturated heterocycles. The summed E-state index contributed by atoms with van der Waals surface area (Å²) in [6.07, 6.45) is 6.99. The van der Waals surface area contributed by atoms with E-state index >= 15 is 0 Å². The largest absolute Gasteiger partial charge is 0.310 e. The van der Waals surface area contributed by atoms with Crippen molar-refractivity contribution in [1.82, 2.24) is 10.2 Å². The molecule has 1 aromatic rings. The molecular weight excluding hydrogens is 276 g/mol. The molecule has 1 saturated carbocycles. The first-order chi connectivity index (χ1) is 10.00.